The third-order valence-corrected chi connectivity index (χ3v) is 6.82. The summed E-state index contributed by atoms with van der Waals surface area (Å²) in [6, 6.07) is 2.52. The van der Waals surface area contributed by atoms with Gasteiger partial charge < -0.3 is 19.5 Å². The van der Waals surface area contributed by atoms with Crippen LogP contribution in [0, 0.1) is 11.3 Å². The monoisotopic (exact) mass is 492 g/mol. The van der Waals surface area contributed by atoms with Gasteiger partial charge in [0.25, 0.3) is 0 Å². The smallest absolute Gasteiger partial charge is 0.193 e. The molecule has 0 aromatic carbocycles. The van der Waals surface area contributed by atoms with E-state index < -0.39 is 0 Å². The number of guanidine groups is 1. The van der Waals surface area contributed by atoms with Crippen molar-refractivity contribution in [3.05, 3.63) is 23.0 Å². The normalized spacial score (nSPS) is 29.2. The van der Waals surface area contributed by atoms with Crippen LogP contribution in [0.25, 0.3) is 0 Å². The minimum Gasteiger partial charge on any atom is -0.377 e. The number of aliphatic imine (C=N–C) groups is 1. The lowest BCUT2D eigenvalue weighted by molar-refractivity contribution is -0.125. The lowest BCUT2D eigenvalue weighted by atomic mass is 9.54. The van der Waals surface area contributed by atoms with Crippen molar-refractivity contribution in [2.24, 2.45) is 23.4 Å². The molecule has 1 aromatic heterocycles. The highest BCUT2D eigenvalue weighted by Gasteiger charge is 2.65. The SMILES string of the molecule is CN=C(NC1C2CCOC2C12CCCC2)N(C)Cc1cc(Cl)cn1C.I. The number of nitrogens with zero attached hydrogens (tertiary/aromatic N) is 3. The van der Waals surface area contributed by atoms with Gasteiger partial charge in [0.1, 0.15) is 0 Å². The highest BCUT2D eigenvalue weighted by Crippen LogP contribution is 2.60. The van der Waals surface area contributed by atoms with Gasteiger partial charge in [-0.1, -0.05) is 24.4 Å². The van der Waals surface area contributed by atoms with Crippen molar-refractivity contribution in [3.63, 3.8) is 0 Å². The average Bonchev–Trinajstić information content (AvgIpc) is 3.28. The second-order valence-electron chi connectivity index (χ2n) is 7.97. The summed E-state index contributed by atoms with van der Waals surface area (Å²) in [7, 11) is 6.00. The molecule has 26 heavy (non-hydrogen) atoms. The highest BCUT2D eigenvalue weighted by atomic mass is 127. The fraction of sp³-hybridized carbons (Fsp3) is 0.737. The largest absolute Gasteiger partial charge is 0.377 e. The quantitative estimate of drug-likeness (QED) is 0.398. The molecule has 0 bridgehead atoms. The van der Waals surface area contributed by atoms with Crippen molar-refractivity contribution in [1.82, 2.24) is 14.8 Å². The second kappa shape index (κ2) is 7.87. The summed E-state index contributed by atoms with van der Waals surface area (Å²) in [4.78, 5) is 6.75. The van der Waals surface area contributed by atoms with Crippen LogP contribution in [0.2, 0.25) is 5.02 Å². The van der Waals surface area contributed by atoms with Gasteiger partial charge in [-0.15, -0.1) is 24.0 Å². The summed E-state index contributed by atoms with van der Waals surface area (Å²) in [5.41, 5.74) is 1.52. The Labute approximate surface area is 178 Å². The fourth-order valence-electron chi connectivity index (χ4n) is 5.43. The molecule has 3 fully saturated rings. The predicted octanol–water partition coefficient (Wildman–Crippen LogP) is 3.65. The standard InChI is InChI=1S/C19H29ClN4O.HI/c1-21-18(24(3)12-14-10-13(20)11-23(14)2)22-16-15-6-9-25-17(15)19(16)7-4-5-8-19;/h10-11,15-17H,4-9,12H2,1-3H3,(H,21,22);1H. The number of aromatic nitrogens is 1. The number of hydrogen-bond acceptors (Lipinski definition) is 2. The van der Waals surface area contributed by atoms with Crippen LogP contribution >= 0.6 is 35.6 Å². The van der Waals surface area contributed by atoms with Crippen LogP contribution in [0.5, 0.6) is 0 Å². The molecule has 4 rings (SSSR count). The van der Waals surface area contributed by atoms with Gasteiger partial charge in [0.05, 0.1) is 17.7 Å². The first-order chi connectivity index (χ1) is 12.0. The van der Waals surface area contributed by atoms with E-state index in [4.69, 9.17) is 16.3 Å². The molecule has 3 atom stereocenters. The Balaban J connectivity index is 0.00000196. The first-order valence-corrected chi connectivity index (χ1v) is 9.80. The number of nitrogens with one attached hydrogen (secondary N) is 1. The predicted molar refractivity (Wildman–Crippen MR) is 116 cm³/mol. The Morgan fingerprint density at radius 3 is 2.81 bits per heavy atom. The van der Waals surface area contributed by atoms with E-state index in [1.807, 2.05) is 26.4 Å². The van der Waals surface area contributed by atoms with Gasteiger partial charge in [-0.3, -0.25) is 4.99 Å². The number of hydrogen-bond donors (Lipinski definition) is 1. The van der Waals surface area contributed by atoms with Crippen molar-refractivity contribution in [1.29, 1.82) is 0 Å². The molecule has 0 amide bonds. The zero-order valence-corrected chi connectivity index (χ0v) is 19.0. The van der Waals surface area contributed by atoms with Crippen molar-refractivity contribution < 1.29 is 4.74 Å². The van der Waals surface area contributed by atoms with E-state index in [0.717, 1.165) is 24.1 Å². The molecule has 1 spiro atoms. The topological polar surface area (TPSA) is 41.8 Å². The first-order valence-electron chi connectivity index (χ1n) is 9.42. The third kappa shape index (κ3) is 3.26. The molecular formula is C19H30ClIN4O. The molecule has 2 aliphatic carbocycles. The van der Waals surface area contributed by atoms with Crippen LogP contribution < -0.4 is 5.32 Å². The van der Waals surface area contributed by atoms with Crippen LogP contribution in [-0.2, 0) is 18.3 Å². The molecule has 146 valence electrons. The van der Waals surface area contributed by atoms with Gasteiger partial charge in [-0.05, 0) is 25.3 Å². The summed E-state index contributed by atoms with van der Waals surface area (Å²) in [6.07, 6.45) is 8.85. The van der Waals surface area contributed by atoms with E-state index >= 15 is 0 Å². The van der Waals surface area contributed by atoms with Crippen molar-refractivity contribution >= 4 is 41.5 Å². The Kier molecular flexibility index (Phi) is 6.14. The summed E-state index contributed by atoms with van der Waals surface area (Å²) < 4.78 is 8.18. The van der Waals surface area contributed by atoms with E-state index in [2.05, 4.69) is 26.8 Å². The van der Waals surface area contributed by atoms with E-state index in [1.165, 1.54) is 37.8 Å². The van der Waals surface area contributed by atoms with Gasteiger partial charge in [0, 0.05) is 57.0 Å². The second-order valence-corrected chi connectivity index (χ2v) is 8.41. The lowest BCUT2D eigenvalue weighted by Crippen LogP contribution is -2.69. The Hall–Kier alpha value is -0.470. The van der Waals surface area contributed by atoms with Gasteiger partial charge in [0.15, 0.2) is 5.96 Å². The van der Waals surface area contributed by atoms with Crippen molar-refractivity contribution in [2.75, 3.05) is 20.7 Å². The van der Waals surface area contributed by atoms with Crippen LogP contribution in [0.15, 0.2) is 17.3 Å². The average molecular weight is 493 g/mol. The molecule has 3 unspecified atom stereocenters. The van der Waals surface area contributed by atoms with E-state index in [9.17, 15) is 0 Å². The van der Waals surface area contributed by atoms with Crippen LogP contribution in [0.1, 0.15) is 37.8 Å². The minimum absolute atomic E-state index is 0. The number of aryl methyl sites for hydroxylation is 1. The molecule has 2 saturated carbocycles. The van der Waals surface area contributed by atoms with Crippen molar-refractivity contribution in [2.45, 2.75) is 50.8 Å². The number of rotatable bonds is 3. The first kappa shape index (κ1) is 20.3. The molecule has 1 aliphatic heterocycles. The molecule has 2 heterocycles. The van der Waals surface area contributed by atoms with Crippen molar-refractivity contribution in [3.8, 4) is 0 Å². The summed E-state index contributed by atoms with van der Waals surface area (Å²) >= 11 is 6.12. The van der Waals surface area contributed by atoms with E-state index in [-0.39, 0.29) is 24.0 Å². The molecular weight excluding hydrogens is 463 g/mol. The van der Waals surface area contributed by atoms with Gasteiger partial charge >= 0.3 is 0 Å². The number of ether oxygens (including phenoxy) is 1. The van der Waals surface area contributed by atoms with Crippen LogP contribution in [-0.4, -0.2) is 48.3 Å². The Morgan fingerprint density at radius 2 is 2.19 bits per heavy atom. The molecule has 1 N–H and O–H groups in total. The maximum absolute atomic E-state index is 6.12. The summed E-state index contributed by atoms with van der Waals surface area (Å²) in [5.74, 6) is 1.62. The fourth-order valence-corrected chi connectivity index (χ4v) is 5.70. The van der Waals surface area contributed by atoms with Gasteiger partial charge in [-0.2, -0.15) is 0 Å². The minimum atomic E-state index is 0. The molecule has 3 aliphatic rings. The molecule has 1 saturated heterocycles. The van der Waals surface area contributed by atoms with E-state index in [1.54, 1.807) is 0 Å². The molecule has 5 nitrogen and oxygen atoms in total. The molecule has 0 radical (unpaired) electrons. The van der Waals surface area contributed by atoms with Gasteiger partial charge in [0.2, 0.25) is 0 Å². The summed E-state index contributed by atoms with van der Waals surface area (Å²) in [5, 5.41) is 4.59. The van der Waals surface area contributed by atoms with E-state index in [0.29, 0.717) is 23.5 Å². The maximum atomic E-state index is 6.12. The summed E-state index contributed by atoms with van der Waals surface area (Å²) in [6.45, 7) is 1.71. The highest BCUT2D eigenvalue weighted by molar-refractivity contribution is 14.0. The van der Waals surface area contributed by atoms with Crippen LogP contribution in [0.3, 0.4) is 0 Å². The zero-order valence-electron chi connectivity index (χ0n) is 15.9. The van der Waals surface area contributed by atoms with Crippen LogP contribution in [0.4, 0.5) is 0 Å². The van der Waals surface area contributed by atoms with Gasteiger partial charge in [-0.25, -0.2) is 0 Å². The molecule has 1 aromatic rings. The number of halogens is 2. The Bertz CT molecular complexity index is 670. The molecule has 7 heteroatoms. The maximum Gasteiger partial charge on any atom is 0.193 e. The Morgan fingerprint density at radius 1 is 1.46 bits per heavy atom. The zero-order chi connectivity index (χ0) is 17.6. The third-order valence-electron chi connectivity index (χ3n) is 6.62. The lowest BCUT2D eigenvalue weighted by Gasteiger charge is -2.57. The number of fused-ring (bicyclic) bond motifs is 2.